The van der Waals surface area contributed by atoms with E-state index >= 15 is 0 Å². The minimum absolute atomic E-state index is 0.0331. The predicted octanol–water partition coefficient (Wildman–Crippen LogP) is 5.04. The number of rotatable bonds is 6. The Hall–Kier alpha value is -3.10. The fraction of sp³-hybridized carbons (Fsp3) is 0.190. The summed E-state index contributed by atoms with van der Waals surface area (Å²) in [5.41, 5.74) is 1.99. The normalized spacial score (nSPS) is 12.1. The molecule has 152 valence electrons. The Morgan fingerprint density at radius 3 is 2.67 bits per heavy atom. The van der Waals surface area contributed by atoms with E-state index in [2.05, 4.69) is 25.4 Å². The largest absolute Gasteiger partial charge is 0.339 e. The maximum absolute atomic E-state index is 12.8. The molecule has 7 nitrogen and oxygen atoms in total. The first-order valence-electron chi connectivity index (χ1n) is 9.27. The van der Waals surface area contributed by atoms with Gasteiger partial charge in [0.15, 0.2) is 0 Å². The molecule has 1 unspecified atom stereocenters. The Balaban J connectivity index is 1.53. The van der Waals surface area contributed by atoms with Crippen molar-refractivity contribution in [3.8, 4) is 22.0 Å². The van der Waals surface area contributed by atoms with E-state index in [4.69, 9.17) is 16.1 Å². The highest BCUT2D eigenvalue weighted by Gasteiger charge is 2.26. The summed E-state index contributed by atoms with van der Waals surface area (Å²) in [6.45, 7) is 3.94. The Morgan fingerprint density at radius 1 is 1.13 bits per heavy atom. The molecule has 0 spiro atoms. The molecular formula is C21H18ClN5O2S. The highest BCUT2D eigenvalue weighted by atomic mass is 35.5. The van der Waals surface area contributed by atoms with Crippen LogP contribution in [0.2, 0.25) is 5.02 Å². The van der Waals surface area contributed by atoms with Crippen LogP contribution in [-0.4, -0.2) is 26.0 Å². The van der Waals surface area contributed by atoms with Crippen LogP contribution >= 0.6 is 22.9 Å². The summed E-state index contributed by atoms with van der Waals surface area (Å²) in [4.78, 5) is 25.7. The van der Waals surface area contributed by atoms with E-state index in [-0.39, 0.29) is 11.8 Å². The van der Waals surface area contributed by atoms with Crippen LogP contribution in [0.1, 0.15) is 36.3 Å². The topological polar surface area (TPSA) is 93.8 Å². The number of nitrogens with one attached hydrogen (secondary N) is 1. The average Bonchev–Trinajstić information content (AvgIpc) is 3.42. The molecule has 0 aliphatic carbocycles. The number of hydrogen-bond acceptors (Lipinski definition) is 7. The number of carbonyl (C=O) groups excluding carboxylic acids is 1. The number of benzene rings is 1. The molecule has 0 fully saturated rings. The van der Waals surface area contributed by atoms with E-state index in [9.17, 15) is 4.79 Å². The van der Waals surface area contributed by atoms with Crippen LogP contribution in [-0.2, 0) is 0 Å². The molecule has 1 aromatic carbocycles. The lowest BCUT2D eigenvalue weighted by Crippen LogP contribution is -2.32. The maximum Gasteiger partial charge on any atom is 0.271 e. The monoisotopic (exact) mass is 439 g/mol. The fourth-order valence-electron chi connectivity index (χ4n) is 2.84. The van der Waals surface area contributed by atoms with Crippen molar-refractivity contribution in [3.63, 3.8) is 0 Å². The second-order valence-electron chi connectivity index (χ2n) is 6.94. The molecule has 9 heteroatoms. The molecule has 1 atom stereocenters. The number of nitrogens with zero attached hydrogens (tertiary/aromatic N) is 4. The lowest BCUT2D eigenvalue weighted by atomic mass is 10.0. The van der Waals surface area contributed by atoms with Crippen molar-refractivity contribution in [1.82, 2.24) is 25.4 Å². The molecule has 1 N–H and O–H groups in total. The van der Waals surface area contributed by atoms with Gasteiger partial charge < -0.3 is 9.84 Å². The third-order valence-corrected chi connectivity index (χ3v) is 5.53. The van der Waals surface area contributed by atoms with Gasteiger partial charge in [-0.25, -0.2) is 4.98 Å². The van der Waals surface area contributed by atoms with Crippen LogP contribution in [0, 0.1) is 5.92 Å². The quantitative estimate of drug-likeness (QED) is 0.452. The maximum atomic E-state index is 12.8. The van der Waals surface area contributed by atoms with Gasteiger partial charge in [0.2, 0.25) is 11.7 Å². The lowest BCUT2D eigenvalue weighted by Gasteiger charge is -2.17. The first-order valence-corrected chi connectivity index (χ1v) is 10.5. The van der Waals surface area contributed by atoms with E-state index in [0.717, 1.165) is 16.1 Å². The van der Waals surface area contributed by atoms with Crippen LogP contribution < -0.4 is 5.32 Å². The van der Waals surface area contributed by atoms with Crippen molar-refractivity contribution < 1.29 is 9.32 Å². The van der Waals surface area contributed by atoms with E-state index in [1.54, 1.807) is 36.0 Å². The van der Waals surface area contributed by atoms with Crippen LogP contribution in [0.25, 0.3) is 22.0 Å². The summed E-state index contributed by atoms with van der Waals surface area (Å²) in [5.74, 6) is 0.521. The molecule has 4 rings (SSSR count). The second-order valence-corrected chi connectivity index (χ2v) is 8.23. The number of aromatic nitrogens is 4. The lowest BCUT2D eigenvalue weighted by molar-refractivity contribution is 0.0909. The van der Waals surface area contributed by atoms with Gasteiger partial charge in [0.05, 0.1) is 0 Å². The van der Waals surface area contributed by atoms with Crippen molar-refractivity contribution in [3.05, 3.63) is 70.8 Å². The van der Waals surface area contributed by atoms with Crippen molar-refractivity contribution in [2.24, 2.45) is 5.92 Å². The van der Waals surface area contributed by atoms with Gasteiger partial charge in [0, 0.05) is 33.9 Å². The van der Waals surface area contributed by atoms with Gasteiger partial charge >= 0.3 is 0 Å². The summed E-state index contributed by atoms with van der Waals surface area (Å²) in [7, 11) is 0. The Bertz CT molecular complexity index is 1160. The minimum Gasteiger partial charge on any atom is -0.339 e. The summed E-state index contributed by atoms with van der Waals surface area (Å²) < 4.78 is 5.44. The third kappa shape index (κ3) is 4.39. The number of halogens is 1. The SMILES string of the molecule is CC(C)C(NC(=O)c1csc(-c2cccc(Cl)c2)n1)c1nc(-c2ccncc2)no1. The standard InChI is InChI=1S/C21H18ClN5O2S/c1-12(2)17(20-26-18(27-29-20)13-6-8-23-9-7-13)25-19(28)16-11-30-21(24-16)14-4-3-5-15(22)10-14/h3-12,17H,1-2H3,(H,25,28). The van der Waals surface area contributed by atoms with Crippen LogP contribution in [0.15, 0.2) is 58.7 Å². The molecule has 0 saturated carbocycles. The third-order valence-electron chi connectivity index (χ3n) is 4.41. The van der Waals surface area contributed by atoms with Gasteiger partial charge in [-0.15, -0.1) is 11.3 Å². The zero-order valence-electron chi connectivity index (χ0n) is 16.2. The summed E-state index contributed by atoms with van der Waals surface area (Å²) in [6.07, 6.45) is 3.32. The van der Waals surface area contributed by atoms with E-state index < -0.39 is 6.04 Å². The predicted molar refractivity (Wildman–Crippen MR) is 115 cm³/mol. The first-order chi connectivity index (χ1) is 14.5. The minimum atomic E-state index is -0.447. The van der Waals surface area contributed by atoms with Gasteiger partial charge in [0.25, 0.3) is 5.91 Å². The molecule has 4 aromatic rings. The molecular weight excluding hydrogens is 422 g/mol. The summed E-state index contributed by atoms with van der Waals surface area (Å²) in [5, 5.41) is 10.1. The molecule has 0 aliphatic rings. The zero-order chi connectivity index (χ0) is 21.1. The first kappa shape index (κ1) is 20.2. The molecule has 0 radical (unpaired) electrons. The summed E-state index contributed by atoms with van der Waals surface area (Å²) >= 11 is 7.44. The summed E-state index contributed by atoms with van der Waals surface area (Å²) in [6, 6.07) is 10.5. The van der Waals surface area contributed by atoms with E-state index in [0.29, 0.717) is 22.4 Å². The molecule has 30 heavy (non-hydrogen) atoms. The molecule has 3 aromatic heterocycles. The van der Waals surface area contributed by atoms with Gasteiger partial charge in [-0.3, -0.25) is 9.78 Å². The van der Waals surface area contributed by atoms with Gasteiger partial charge in [0.1, 0.15) is 16.7 Å². The molecule has 1 amide bonds. The van der Waals surface area contributed by atoms with Crippen molar-refractivity contribution in [2.75, 3.05) is 0 Å². The Morgan fingerprint density at radius 2 is 1.93 bits per heavy atom. The van der Waals surface area contributed by atoms with Gasteiger partial charge in [-0.2, -0.15) is 4.98 Å². The van der Waals surface area contributed by atoms with Crippen molar-refractivity contribution in [1.29, 1.82) is 0 Å². The van der Waals surface area contributed by atoms with Crippen LogP contribution in [0.3, 0.4) is 0 Å². The number of amides is 1. The average molecular weight is 440 g/mol. The zero-order valence-corrected chi connectivity index (χ0v) is 17.8. The highest BCUT2D eigenvalue weighted by molar-refractivity contribution is 7.13. The number of thiazole rings is 1. The molecule has 0 aliphatic heterocycles. The Labute approximate surface area is 182 Å². The smallest absolute Gasteiger partial charge is 0.271 e. The number of carbonyl (C=O) groups is 1. The number of pyridine rings is 1. The second kappa shape index (κ2) is 8.73. The molecule has 0 bridgehead atoms. The Kier molecular flexibility index (Phi) is 5.87. The van der Waals surface area contributed by atoms with Crippen molar-refractivity contribution in [2.45, 2.75) is 19.9 Å². The number of hydrogen-bond donors (Lipinski definition) is 1. The molecule has 0 saturated heterocycles. The molecule has 3 heterocycles. The van der Waals surface area contributed by atoms with E-state index in [1.807, 2.05) is 32.0 Å². The van der Waals surface area contributed by atoms with Crippen LogP contribution in [0.5, 0.6) is 0 Å². The highest BCUT2D eigenvalue weighted by Crippen LogP contribution is 2.27. The van der Waals surface area contributed by atoms with Gasteiger partial charge in [-0.1, -0.05) is 42.7 Å². The van der Waals surface area contributed by atoms with Crippen LogP contribution in [0.4, 0.5) is 0 Å². The fourth-order valence-corrected chi connectivity index (χ4v) is 3.83. The van der Waals surface area contributed by atoms with Gasteiger partial charge in [-0.05, 0) is 30.2 Å². The van der Waals surface area contributed by atoms with Crippen molar-refractivity contribution >= 4 is 28.8 Å². The van der Waals surface area contributed by atoms with E-state index in [1.165, 1.54) is 11.3 Å².